The van der Waals surface area contributed by atoms with Crippen molar-refractivity contribution in [2.75, 3.05) is 6.61 Å². The van der Waals surface area contributed by atoms with E-state index >= 15 is 0 Å². The fourth-order valence-electron chi connectivity index (χ4n) is 2.68. The Morgan fingerprint density at radius 2 is 2.00 bits per heavy atom. The van der Waals surface area contributed by atoms with Gasteiger partial charge in [-0.1, -0.05) is 20.8 Å². The van der Waals surface area contributed by atoms with Gasteiger partial charge in [-0.05, 0) is 36.5 Å². The Morgan fingerprint density at radius 3 is 2.45 bits per heavy atom. The maximum absolute atomic E-state index is 9.04. The highest BCUT2D eigenvalue weighted by Gasteiger charge is 2.31. The molecule has 1 saturated carbocycles. The molecule has 1 rings (SSSR count). The van der Waals surface area contributed by atoms with Gasteiger partial charge in [0.1, 0.15) is 0 Å². The van der Waals surface area contributed by atoms with E-state index in [1.165, 1.54) is 19.3 Å². The van der Waals surface area contributed by atoms with Crippen molar-refractivity contribution in [3.8, 4) is 0 Å². The minimum atomic E-state index is 0.383. The highest BCUT2D eigenvalue weighted by atomic mass is 16.3. The quantitative estimate of drug-likeness (QED) is 0.618. The van der Waals surface area contributed by atoms with Gasteiger partial charge in [-0.15, -0.1) is 0 Å². The van der Waals surface area contributed by atoms with E-state index in [0.29, 0.717) is 17.9 Å². The molecule has 0 radical (unpaired) electrons. The molecule has 0 amide bonds. The van der Waals surface area contributed by atoms with Crippen LogP contribution in [0.25, 0.3) is 0 Å². The summed E-state index contributed by atoms with van der Waals surface area (Å²) >= 11 is 0. The summed E-state index contributed by atoms with van der Waals surface area (Å²) < 4.78 is 0. The molecule has 0 aromatic heterocycles. The summed E-state index contributed by atoms with van der Waals surface area (Å²) in [6.07, 6.45) is 3.75. The van der Waals surface area contributed by atoms with E-state index in [2.05, 4.69) is 20.8 Å². The van der Waals surface area contributed by atoms with Crippen LogP contribution in [0.4, 0.5) is 0 Å². The molecule has 0 spiro atoms. The summed E-state index contributed by atoms with van der Waals surface area (Å²) in [6, 6.07) is 0. The van der Waals surface area contributed by atoms with Crippen LogP contribution in [0.5, 0.6) is 0 Å². The molecule has 0 aromatic rings. The average molecular weight is 156 g/mol. The molecule has 1 heteroatoms. The minimum Gasteiger partial charge on any atom is -0.396 e. The Hall–Kier alpha value is -0.0400. The van der Waals surface area contributed by atoms with E-state index in [9.17, 15) is 0 Å². The largest absolute Gasteiger partial charge is 0.396 e. The lowest BCUT2D eigenvalue weighted by molar-refractivity contribution is 0.0873. The second-order valence-corrected chi connectivity index (χ2v) is 4.96. The molecular formula is C10H20O. The Kier molecular flexibility index (Phi) is 2.58. The van der Waals surface area contributed by atoms with Gasteiger partial charge in [-0.25, -0.2) is 0 Å². The van der Waals surface area contributed by atoms with Crippen molar-refractivity contribution < 1.29 is 5.11 Å². The van der Waals surface area contributed by atoms with Crippen LogP contribution < -0.4 is 0 Å². The van der Waals surface area contributed by atoms with Crippen LogP contribution in [-0.2, 0) is 0 Å². The van der Waals surface area contributed by atoms with Gasteiger partial charge < -0.3 is 5.11 Å². The lowest BCUT2D eigenvalue weighted by Gasteiger charge is -2.38. The summed E-state index contributed by atoms with van der Waals surface area (Å²) in [4.78, 5) is 0. The molecule has 66 valence electrons. The Balaban J connectivity index is 2.51. The lowest BCUT2D eigenvalue weighted by Crippen LogP contribution is -2.29. The number of aliphatic hydroxyl groups excluding tert-OH is 1. The van der Waals surface area contributed by atoms with Gasteiger partial charge in [0.15, 0.2) is 0 Å². The molecule has 1 aliphatic rings. The van der Waals surface area contributed by atoms with Crippen LogP contribution in [0.2, 0.25) is 0 Å². The van der Waals surface area contributed by atoms with Gasteiger partial charge in [0.05, 0.1) is 0 Å². The summed E-state index contributed by atoms with van der Waals surface area (Å²) in [5.41, 5.74) is 0.463. The zero-order valence-electron chi connectivity index (χ0n) is 7.93. The first-order valence-corrected chi connectivity index (χ1v) is 4.64. The third-order valence-electron chi connectivity index (χ3n) is 2.74. The van der Waals surface area contributed by atoms with Crippen molar-refractivity contribution in [2.24, 2.45) is 17.3 Å². The lowest BCUT2D eigenvalue weighted by atomic mass is 9.68. The summed E-state index contributed by atoms with van der Waals surface area (Å²) in [5.74, 6) is 1.37. The predicted molar refractivity (Wildman–Crippen MR) is 47.4 cm³/mol. The molecule has 1 fully saturated rings. The molecule has 0 heterocycles. The van der Waals surface area contributed by atoms with E-state index in [0.717, 1.165) is 5.92 Å². The molecule has 0 aromatic carbocycles. The fourth-order valence-corrected chi connectivity index (χ4v) is 2.68. The summed E-state index contributed by atoms with van der Waals surface area (Å²) in [7, 11) is 0. The Labute approximate surface area is 69.8 Å². The highest BCUT2D eigenvalue weighted by Crippen LogP contribution is 2.41. The van der Waals surface area contributed by atoms with Crippen LogP contribution in [0.1, 0.15) is 40.0 Å². The van der Waals surface area contributed by atoms with Gasteiger partial charge >= 0.3 is 0 Å². The molecule has 0 unspecified atom stereocenters. The van der Waals surface area contributed by atoms with Crippen molar-refractivity contribution in [1.29, 1.82) is 0 Å². The standard InChI is InChI=1S/C10H20O/c1-8-4-9(7-11)6-10(2,3)5-8/h8-9,11H,4-7H2,1-3H3/t8-,9+/m1/s1. The van der Waals surface area contributed by atoms with Crippen molar-refractivity contribution in [3.63, 3.8) is 0 Å². The molecule has 0 saturated heterocycles. The van der Waals surface area contributed by atoms with Crippen molar-refractivity contribution >= 4 is 0 Å². The topological polar surface area (TPSA) is 20.2 Å². The monoisotopic (exact) mass is 156 g/mol. The third kappa shape index (κ3) is 2.48. The number of hydrogen-bond donors (Lipinski definition) is 1. The minimum absolute atomic E-state index is 0.383. The molecule has 1 aliphatic carbocycles. The van der Waals surface area contributed by atoms with Crippen LogP contribution >= 0.6 is 0 Å². The molecule has 1 N–H and O–H groups in total. The van der Waals surface area contributed by atoms with Gasteiger partial charge in [-0.3, -0.25) is 0 Å². The molecule has 2 atom stereocenters. The zero-order chi connectivity index (χ0) is 8.48. The number of rotatable bonds is 1. The molecular weight excluding hydrogens is 136 g/mol. The normalized spacial score (nSPS) is 37.1. The van der Waals surface area contributed by atoms with Gasteiger partial charge in [0.2, 0.25) is 0 Å². The van der Waals surface area contributed by atoms with Crippen molar-refractivity contribution in [3.05, 3.63) is 0 Å². The first-order chi connectivity index (χ1) is 5.03. The zero-order valence-corrected chi connectivity index (χ0v) is 7.93. The first-order valence-electron chi connectivity index (χ1n) is 4.64. The average Bonchev–Trinajstić information content (AvgIpc) is 1.83. The van der Waals surface area contributed by atoms with E-state index in [1.54, 1.807) is 0 Å². The summed E-state index contributed by atoms with van der Waals surface area (Å²) in [6.45, 7) is 7.30. The Morgan fingerprint density at radius 1 is 1.36 bits per heavy atom. The van der Waals surface area contributed by atoms with Gasteiger partial charge in [0.25, 0.3) is 0 Å². The van der Waals surface area contributed by atoms with E-state index in [1.807, 2.05) is 0 Å². The second kappa shape index (κ2) is 3.14. The molecule has 1 nitrogen and oxygen atoms in total. The molecule has 0 bridgehead atoms. The van der Waals surface area contributed by atoms with E-state index in [-0.39, 0.29) is 0 Å². The number of hydrogen-bond acceptors (Lipinski definition) is 1. The smallest absolute Gasteiger partial charge is 0.0459 e. The van der Waals surface area contributed by atoms with Crippen LogP contribution in [0, 0.1) is 17.3 Å². The van der Waals surface area contributed by atoms with Crippen molar-refractivity contribution in [1.82, 2.24) is 0 Å². The van der Waals surface area contributed by atoms with E-state index < -0.39 is 0 Å². The highest BCUT2D eigenvalue weighted by molar-refractivity contribution is 4.82. The Bertz CT molecular complexity index is 129. The SMILES string of the molecule is C[C@@H]1C[C@H](CO)CC(C)(C)C1. The predicted octanol–water partition coefficient (Wildman–Crippen LogP) is 2.44. The summed E-state index contributed by atoms with van der Waals surface area (Å²) in [5, 5.41) is 9.04. The van der Waals surface area contributed by atoms with Crippen LogP contribution in [0.3, 0.4) is 0 Å². The first kappa shape index (κ1) is 9.05. The second-order valence-electron chi connectivity index (χ2n) is 4.96. The van der Waals surface area contributed by atoms with Crippen LogP contribution in [-0.4, -0.2) is 11.7 Å². The third-order valence-corrected chi connectivity index (χ3v) is 2.74. The molecule has 0 aliphatic heterocycles. The van der Waals surface area contributed by atoms with Crippen molar-refractivity contribution in [2.45, 2.75) is 40.0 Å². The maximum atomic E-state index is 9.04. The van der Waals surface area contributed by atoms with Gasteiger partial charge in [0, 0.05) is 6.61 Å². The molecule has 11 heavy (non-hydrogen) atoms. The fraction of sp³-hybridized carbons (Fsp3) is 1.00. The maximum Gasteiger partial charge on any atom is 0.0459 e. The number of aliphatic hydroxyl groups is 1. The van der Waals surface area contributed by atoms with E-state index in [4.69, 9.17) is 5.11 Å². The van der Waals surface area contributed by atoms with Crippen LogP contribution in [0.15, 0.2) is 0 Å². The van der Waals surface area contributed by atoms with Gasteiger partial charge in [-0.2, -0.15) is 0 Å².